The van der Waals surface area contributed by atoms with Crippen molar-refractivity contribution in [2.75, 3.05) is 59.0 Å². The van der Waals surface area contributed by atoms with Crippen molar-refractivity contribution in [1.29, 1.82) is 0 Å². The lowest BCUT2D eigenvalue weighted by Crippen LogP contribution is -2.46. The van der Waals surface area contributed by atoms with Crippen molar-refractivity contribution in [3.63, 3.8) is 0 Å². The quantitative estimate of drug-likeness (QED) is 0.230. The highest BCUT2D eigenvalue weighted by Crippen LogP contribution is 2.17. The van der Waals surface area contributed by atoms with Crippen LogP contribution in [0.5, 0.6) is 0 Å². The van der Waals surface area contributed by atoms with Gasteiger partial charge in [0.2, 0.25) is 10.0 Å². The SMILES string of the molecule is CCNC(=NCCNS(=O)(=O)c1ccc(C)cc1)N1CCC(N2CCOCC2)C1.I. The van der Waals surface area contributed by atoms with E-state index in [9.17, 15) is 8.42 Å². The fourth-order valence-corrected chi connectivity index (χ4v) is 4.76. The van der Waals surface area contributed by atoms with Crippen molar-refractivity contribution in [1.82, 2.24) is 19.8 Å². The van der Waals surface area contributed by atoms with Gasteiger partial charge in [0.15, 0.2) is 5.96 Å². The maximum atomic E-state index is 12.4. The van der Waals surface area contributed by atoms with Crippen LogP contribution < -0.4 is 10.0 Å². The number of hydrogen-bond acceptors (Lipinski definition) is 5. The van der Waals surface area contributed by atoms with Gasteiger partial charge in [-0.1, -0.05) is 17.7 Å². The fourth-order valence-electron chi connectivity index (χ4n) is 3.74. The summed E-state index contributed by atoms with van der Waals surface area (Å²) >= 11 is 0. The molecule has 170 valence electrons. The summed E-state index contributed by atoms with van der Waals surface area (Å²) < 4.78 is 32.9. The van der Waals surface area contributed by atoms with Crippen molar-refractivity contribution < 1.29 is 13.2 Å². The first kappa shape index (κ1) is 25.3. The van der Waals surface area contributed by atoms with Crippen LogP contribution in [0.25, 0.3) is 0 Å². The van der Waals surface area contributed by atoms with Crippen LogP contribution in [0.2, 0.25) is 0 Å². The summed E-state index contributed by atoms with van der Waals surface area (Å²) in [5.41, 5.74) is 1.03. The minimum Gasteiger partial charge on any atom is -0.379 e. The Morgan fingerprint density at radius 3 is 2.57 bits per heavy atom. The van der Waals surface area contributed by atoms with E-state index in [2.05, 4.69) is 24.8 Å². The van der Waals surface area contributed by atoms with Crippen molar-refractivity contribution in [2.24, 2.45) is 4.99 Å². The minimum atomic E-state index is -3.50. The molecule has 1 atom stereocenters. The molecule has 0 aromatic heterocycles. The summed E-state index contributed by atoms with van der Waals surface area (Å²) in [6.45, 7) is 10.9. The summed E-state index contributed by atoms with van der Waals surface area (Å²) in [5, 5.41) is 3.34. The van der Waals surface area contributed by atoms with Crippen molar-refractivity contribution >= 4 is 40.0 Å². The van der Waals surface area contributed by atoms with Gasteiger partial charge in [-0.3, -0.25) is 9.89 Å². The van der Waals surface area contributed by atoms with Crippen molar-refractivity contribution in [3.05, 3.63) is 29.8 Å². The van der Waals surface area contributed by atoms with E-state index in [0.29, 0.717) is 12.6 Å². The first-order valence-electron chi connectivity index (χ1n) is 10.4. The number of morpholine rings is 1. The fraction of sp³-hybridized carbons (Fsp3) is 0.650. The Morgan fingerprint density at radius 2 is 1.90 bits per heavy atom. The smallest absolute Gasteiger partial charge is 0.240 e. The number of aryl methyl sites for hydroxylation is 1. The van der Waals surface area contributed by atoms with Crippen LogP contribution in [-0.4, -0.2) is 89.2 Å². The van der Waals surface area contributed by atoms with E-state index in [1.807, 2.05) is 13.8 Å². The van der Waals surface area contributed by atoms with E-state index in [1.165, 1.54) is 0 Å². The number of sulfonamides is 1. The van der Waals surface area contributed by atoms with Gasteiger partial charge in [-0.2, -0.15) is 0 Å². The Kier molecular flexibility index (Phi) is 10.3. The maximum Gasteiger partial charge on any atom is 0.240 e. The second kappa shape index (κ2) is 12.2. The Balaban J connectivity index is 0.00000320. The van der Waals surface area contributed by atoms with Crippen LogP contribution in [0, 0.1) is 6.92 Å². The molecule has 2 aliphatic rings. The van der Waals surface area contributed by atoms with Crippen molar-refractivity contribution in [3.8, 4) is 0 Å². The van der Waals surface area contributed by atoms with Crippen molar-refractivity contribution in [2.45, 2.75) is 31.2 Å². The summed E-state index contributed by atoms with van der Waals surface area (Å²) in [6, 6.07) is 7.38. The molecule has 0 saturated carbocycles. The molecule has 1 aromatic carbocycles. The number of rotatable bonds is 7. The molecule has 1 aromatic rings. The molecular weight excluding hydrogens is 517 g/mol. The average molecular weight is 551 g/mol. The highest BCUT2D eigenvalue weighted by Gasteiger charge is 2.30. The molecule has 3 rings (SSSR count). The molecule has 0 radical (unpaired) electrons. The van der Waals surface area contributed by atoms with Crippen LogP contribution in [0.15, 0.2) is 34.2 Å². The largest absolute Gasteiger partial charge is 0.379 e. The van der Waals surface area contributed by atoms with Gasteiger partial charge < -0.3 is 15.0 Å². The monoisotopic (exact) mass is 551 g/mol. The number of nitrogens with zero attached hydrogens (tertiary/aromatic N) is 3. The first-order chi connectivity index (χ1) is 14.0. The van der Waals surface area contributed by atoms with E-state index in [4.69, 9.17) is 4.74 Å². The zero-order valence-corrected chi connectivity index (χ0v) is 21.0. The van der Waals surface area contributed by atoms with E-state index < -0.39 is 10.0 Å². The van der Waals surface area contributed by atoms with Gasteiger partial charge in [0.05, 0.1) is 24.7 Å². The molecule has 2 heterocycles. The summed E-state index contributed by atoms with van der Waals surface area (Å²) in [4.78, 5) is 9.71. The highest BCUT2D eigenvalue weighted by atomic mass is 127. The predicted molar refractivity (Wildman–Crippen MR) is 130 cm³/mol. The summed E-state index contributed by atoms with van der Waals surface area (Å²) in [6.07, 6.45) is 1.12. The molecule has 0 amide bonds. The van der Waals surface area contributed by atoms with Gasteiger partial charge in [-0.05, 0) is 32.4 Å². The third-order valence-corrected chi connectivity index (χ3v) is 6.83. The summed E-state index contributed by atoms with van der Waals surface area (Å²) in [7, 11) is -3.50. The van der Waals surface area contributed by atoms with E-state index in [-0.39, 0.29) is 35.4 Å². The number of aliphatic imine (C=N–C) groups is 1. The molecule has 2 saturated heterocycles. The lowest BCUT2D eigenvalue weighted by Gasteiger charge is -2.32. The van der Waals surface area contributed by atoms with Gasteiger partial charge in [-0.25, -0.2) is 13.1 Å². The molecule has 30 heavy (non-hydrogen) atoms. The lowest BCUT2D eigenvalue weighted by molar-refractivity contribution is 0.0195. The molecular formula is C20H34IN5O3S. The Hall–Kier alpha value is -0.950. The van der Waals surface area contributed by atoms with Gasteiger partial charge in [0, 0.05) is 45.3 Å². The average Bonchev–Trinajstić information content (AvgIpc) is 3.21. The molecule has 0 spiro atoms. The predicted octanol–water partition coefficient (Wildman–Crippen LogP) is 1.26. The first-order valence-corrected chi connectivity index (χ1v) is 11.9. The van der Waals surface area contributed by atoms with Gasteiger partial charge in [-0.15, -0.1) is 24.0 Å². The molecule has 2 aliphatic heterocycles. The standard InChI is InChI=1S/C20H33N5O3S.HI/c1-3-21-20(25-11-8-18(16-25)24-12-14-28-15-13-24)22-9-10-23-29(26,27)19-6-4-17(2)5-7-19;/h4-7,18,23H,3,8-16H2,1-2H3,(H,21,22);1H. The number of halogens is 1. The zero-order valence-electron chi connectivity index (χ0n) is 17.8. The second-order valence-electron chi connectivity index (χ2n) is 7.48. The molecule has 10 heteroatoms. The Bertz CT molecular complexity index is 782. The van der Waals surface area contributed by atoms with E-state index in [0.717, 1.165) is 63.9 Å². The number of likely N-dealkylation sites (tertiary alicyclic amines) is 1. The van der Waals surface area contributed by atoms with E-state index in [1.54, 1.807) is 24.3 Å². The third kappa shape index (κ3) is 7.04. The molecule has 2 fully saturated rings. The molecule has 2 N–H and O–H groups in total. The Labute approximate surface area is 197 Å². The van der Waals surface area contributed by atoms with Crippen LogP contribution in [-0.2, 0) is 14.8 Å². The number of guanidine groups is 1. The molecule has 0 aliphatic carbocycles. The normalized spacial score (nSPS) is 20.8. The molecule has 8 nitrogen and oxygen atoms in total. The van der Waals surface area contributed by atoms with Gasteiger partial charge >= 0.3 is 0 Å². The summed E-state index contributed by atoms with van der Waals surface area (Å²) in [5.74, 6) is 0.859. The Morgan fingerprint density at radius 1 is 1.20 bits per heavy atom. The second-order valence-corrected chi connectivity index (χ2v) is 9.25. The molecule has 1 unspecified atom stereocenters. The van der Waals surface area contributed by atoms with Crippen LogP contribution in [0.1, 0.15) is 18.9 Å². The number of ether oxygens (including phenoxy) is 1. The topological polar surface area (TPSA) is 86.3 Å². The lowest BCUT2D eigenvalue weighted by atomic mass is 10.2. The number of nitrogens with one attached hydrogen (secondary N) is 2. The van der Waals surface area contributed by atoms with Gasteiger partial charge in [0.25, 0.3) is 0 Å². The minimum absolute atomic E-state index is 0. The van der Waals surface area contributed by atoms with Gasteiger partial charge in [0.1, 0.15) is 0 Å². The van der Waals surface area contributed by atoms with Crippen LogP contribution >= 0.6 is 24.0 Å². The maximum absolute atomic E-state index is 12.4. The zero-order chi connectivity index (χ0) is 20.7. The number of hydrogen-bond donors (Lipinski definition) is 2. The van der Waals surface area contributed by atoms with E-state index >= 15 is 0 Å². The molecule has 0 bridgehead atoms. The van der Waals surface area contributed by atoms with Crippen LogP contribution in [0.3, 0.4) is 0 Å². The third-order valence-electron chi connectivity index (χ3n) is 5.36. The highest BCUT2D eigenvalue weighted by molar-refractivity contribution is 14.0. The number of benzene rings is 1. The van der Waals surface area contributed by atoms with Crippen LogP contribution in [0.4, 0.5) is 0 Å².